The van der Waals surface area contributed by atoms with Crippen molar-refractivity contribution in [1.29, 1.82) is 0 Å². The van der Waals surface area contributed by atoms with Crippen LogP contribution in [0.4, 0.5) is 0 Å². The molecule has 0 heterocycles. The Hall–Kier alpha value is -3.37. The van der Waals surface area contributed by atoms with Crippen molar-refractivity contribution in [2.45, 2.75) is 148 Å². The molecular formula is C45H71O10P. The molecule has 0 unspecified atom stereocenters. The predicted molar refractivity (Wildman–Crippen MR) is 228 cm³/mol. The average molecular weight is 803 g/mol. The van der Waals surface area contributed by atoms with Gasteiger partial charge in [-0.25, -0.2) is 4.57 Å². The molecule has 11 heteroatoms. The molecule has 0 aliphatic carbocycles. The van der Waals surface area contributed by atoms with Gasteiger partial charge in [-0.05, 0) is 89.9 Å². The lowest BCUT2D eigenvalue weighted by atomic mass is 10.0. The Morgan fingerprint density at radius 1 is 0.554 bits per heavy atom. The normalized spacial score (nSPS) is 14.8. The quantitative estimate of drug-likeness (QED) is 0.0210. The molecule has 0 spiro atoms. The Bertz CT molecular complexity index is 1300. The number of phosphoric acid groups is 1. The summed E-state index contributed by atoms with van der Waals surface area (Å²) in [4.78, 5) is 42.8. The molecule has 10 nitrogen and oxygen atoms in total. The molecule has 0 saturated heterocycles. The van der Waals surface area contributed by atoms with Crippen LogP contribution in [0.2, 0.25) is 0 Å². The summed E-state index contributed by atoms with van der Waals surface area (Å²) in [6, 6.07) is 0. The van der Waals surface area contributed by atoms with Crippen LogP contribution in [0.5, 0.6) is 0 Å². The smallest absolute Gasteiger partial charge is 0.462 e. The van der Waals surface area contributed by atoms with E-state index < -0.39 is 51.3 Å². The third kappa shape index (κ3) is 38.9. The summed E-state index contributed by atoms with van der Waals surface area (Å²) < 4.78 is 26.1. The number of allylic oxidation sites excluding steroid dienone is 17. The fourth-order valence-corrected chi connectivity index (χ4v) is 5.21. The number of aliphatic hydroxyl groups is 2. The highest BCUT2D eigenvalue weighted by Gasteiger charge is 2.23. The summed E-state index contributed by atoms with van der Waals surface area (Å²) in [5.74, 6) is -1.28. The van der Waals surface area contributed by atoms with Crippen LogP contribution in [0, 0.1) is 0 Å². The molecule has 0 fully saturated rings. The molecule has 3 atom stereocenters. The van der Waals surface area contributed by atoms with E-state index in [-0.39, 0.29) is 32.1 Å². The van der Waals surface area contributed by atoms with Gasteiger partial charge >= 0.3 is 19.8 Å². The van der Waals surface area contributed by atoms with Gasteiger partial charge in [-0.2, -0.15) is 0 Å². The van der Waals surface area contributed by atoms with Crippen LogP contribution in [-0.4, -0.2) is 63.5 Å². The van der Waals surface area contributed by atoms with E-state index >= 15 is 0 Å². The maximum absolute atomic E-state index is 12.4. The Morgan fingerprint density at radius 2 is 1.04 bits per heavy atom. The molecule has 0 amide bonds. The molecule has 316 valence electrons. The zero-order valence-corrected chi connectivity index (χ0v) is 34.8. The third-order valence-electron chi connectivity index (χ3n) is 7.99. The highest BCUT2D eigenvalue weighted by Crippen LogP contribution is 2.36. The highest BCUT2D eigenvalue weighted by atomic mass is 31.2. The number of carbonyl (C=O) groups excluding carboxylic acids is 2. The number of carbonyl (C=O) groups is 2. The molecule has 0 bridgehead atoms. The van der Waals surface area contributed by atoms with Crippen molar-refractivity contribution in [2.75, 3.05) is 13.2 Å². The second-order valence-electron chi connectivity index (χ2n) is 13.2. The van der Waals surface area contributed by atoms with Crippen LogP contribution in [0.15, 0.2) is 109 Å². The van der Waals surface area contributed by atoms with Gasteiger partial charge in [0.2, 0.25) is 0 Å². The van der Waals surface area contributed by atoms with Crippen LogP contribution < -0.4 is 0 Å². The maximum Gasteiger partial charge on any atom is 0.469 e. The number of aliphatic hydroxyl groups excluding tert-OH is 2. The number of phosphoric ester groups is 1. The minimum Gasteiger partial charge on any atom is -0.462 e. The molecule has 0 aromatic heterocycles. The second-order valence-corrected chi connectivity index (χ2v) is 14.4. The SMILES string of the molecule is CC/C=C\C/C=C\C/C=C\C/C=C\C[C@H](O)[C@@H](O)CCCC(=O)OC[C@H](COP(=O)(O)O)OC(=O)CC/C=C\C/C=C\C/C=C\C/C=C\C/C=C\CCCCC. The fourth-order valence-electron chi connectivity index (χ4n) is 4.85. The number of hydrogen-bond donors (Lipinski definition) is 4. The largest absolute Gasteiger partial charge is 0.469 e. The number of ether oxygens (including phenoxy) is 2. The lowest BCUT2D eigenvalue weighted by Crippen LogP contribution is -2.29. The van der Waals surface area contributed by atoms with E-state index in [0.29, 0.717) is 12.8 Å². The third-order valence-corrected chi connectivity index (χ3v) is 8.48. The molecule has 0 aromatic rings. The minimum atomic E-state index is -4.85. The molecule has 4 N–H and O–H groups in total. The van der Waals surface area contributed by atoms with E-state index in [1.807, 2.05) is 36.5 Å². The zero-order chi connectivity index (χ0) is 41.4. The number of rotatable bonds is 35. The number of esters is 2. The Labute approximate surface area is 337 Å². The van der Waals surface area contributed by atoms with Crippen molar-refractivity contribution in [2.24, 2.45) is 0 Å². The first-order valence-corrected chi connectivity index (χ1v) is 21.9. The first kappa shape index (κ1) is 52.6. The van der Waals surface area contributed by atoms with Gasteiger partial charge in [-0.3, -0.25) is 14.1 Å². The van der Waals surface area contributed by atoms with E-state index in [1.165, 1.54) is 19.3 Å². The topological polar surface area (TPSA) is 160 Å². The van der Waals surface area contributed by atoms with Crippen molar-refractivity contribution in [3.05, 3.63) is 109 Å². The van der Waals surface area contributed by atoms with E-state index in [9.17, 15) is 24.4 Å². The van der Waals surface area contributed by atoms with E-state index in [1.54, 1.807) is 0 Å². The van der Waals surface area contributed by atoms with E-state index in [4.69, 9.17) is 19.3 Å². The molecule has 0 aromatic carbocycles. The zero-order valence-electron chi connectivity index (χ0n) is 34.0. The first-order valence-electron chi connectivity index (χ1n) is 20.3. The van der Waals surface area contributed by atoms with E-state index in [2.05, 4.69) is 91.3 Å². The molecule has 0 aliphatic rings. The van der Waals surface area contributed by atoms with Gasteiger partial charge in [-0.1, -0.05) is 136 Å². The van der Waals surface area contributed by atoms with Crippen LogP contribution in [0.1, 0.15) is 129 Å². The predicted octanol–water partition coefficient (Wildman–Crippen LogP) is 10.3. The number of hydrogen-bond acceptors (Lipinski definition) is 8. The summed E-state index contributed by atoms with van der Waals surface area (Å²) in [7, 11) is -4.85. The molecular weight excluding hydrogens is 731 g/mol. The molecule has 0 radical (unpaired) electrons. The van der Waals surface area contributed by atoms with Gasteiger partial charge in [-0.15, -0.1) is 0 Å². The summed E-state index contributed by atoms with van der Waals surface area (Å²) in [6.07, 6.45) is 47.1. The molecule has 56 heavy (non-hydrogen) atoms. The summed E-state index contributed by atoms with van der Waals surface area (Å²) in [6.45, 7) is 3.21. The number of unbranched alkanes of at least 4 members (excludes halogenated alkanes) is 3. The second kappa shape index (κ2) is 38.5. The van der Waals surface area contributed by atoms with Gasteiger partial charge in [0.1, 0.15) is 6.61 Å². The van der Waals surface area contributed by atoms with Crippen molar-refractivity contribution in [3.63, 3.8) is 0 Å². The van der Waals surface area contributed by atoms with Gasteiger partial charge in [0.25, 0.3) is 0 Å². The standard InChI is InChI=1S/C45H71O10P/c1-3-5-7-9-11-13-15-17-18-19-20-21-22-23-25-27-29-31-33-37-45(49)55-41(40-54-56(50,51)52)39-53-44(48)38-34-36-43(47)42(46)35-32-30-28-26-24-16-14-12-10-8-6-4-2/h6,8,11-14,17-18,20-21,23-26,29-32,41-43,46-47H,3-5,7,9-10,15-16,19,22,27-28,33-40H2,1-2H3,(H2,50,51,52)/b8-6-,13-11-,14-12-,18-17-,21-20-,25-23-,26-24-,31-29-,32-30-/t41-,42+,43+/m1/s1. The Balaban J connectivity index is 4.33. The van der Waals surface area contributed by atoms with Gasteiger partial charge < -0.3 is 29.5 Å². The van der Waals surface area contributed by atoms with E-state index in [0.717, 1.165) is 51.4 Å². The average Bonchev–Trinajstić information content (AvgIpc) is 3.16. The summed E-state index contributed by atoms with van der Waals surface area (Å²) in [5.41, 5.74) is 0. The van der Waals surface area contributed by atoms with Gasteiger partial charge in [0, 0.05) is 12.8 Å². The van der Waals surface area contributed by atoms with Crippen molar-refractivity contribution in [3.8, 4) is 0 Å². The van der Waals surface area contributed by atoms with Gasteiger partial charge in [0.05, 0.1) is 18.8 Å². The summed E-state index contributed by atoms with van der Waals surface area (Å²) in [5, 5.41) is 20.5. The van der Waals surface area contributed by atoms with Crippen molar-refractivity contribution < 1.29 is 48.2 Å². The van der Waals surface area contributed by atoms with Crippen molar-refractivity contribution in [1.82, 2.24) is 0 Å². The Kier molecular flexibility index (Phi) is 36.2. The maximum atomic E-state index is 12.4. The Morgan fingerprint density at radius 3 is 1.54 bits per heavy atom. The molecule has 0 aliphatic heterocycles. The van der Waals surface area contributed by atoms with Crippen LogP contribution in [0.25, 0.3) is 0 Å². The van der Waals surface area contributed by atoms with Crippen LogP contribution in [0.3, 0.4) is 0 Å². The first-order chi connectivity index (χ1) is 27.1. The monoisotopic (exact) mass is 802 g/mol. The van der Waals surface area contributed by atoms with Crippen LogP contribution in [-0.2, 0) is 28.2 Å². The lowest BCUT2D eigenvalue weighted by molar-refractivity contribution is -0.161. The van der Waals surface area contributed by atoms with Gasteiger partial charge in [0.15, 0.2) is 6.10 Å². The van der Waals surface area contributed by atoms with Crippen molar-refractivity contribution >= 4 is 19.8 Å². The summed E-state index contributed by atoms with van der Waals surface area (Å²) >= 11 is 0. The molecule has 0 saturated carbocycles. The minimum absolute atomic E-state index is 0.0204. The highest BCUT2D eigenvalue weighted by molar-refractivity contribution is 7.46. The van der Waals surface area contributed by atoms with Crippen LogP contribution >= 0.6 is 7.82 Å². The molecule has 0 rings (SSSR count). The lowest BCUT2D eigenvalue weighted by Gasteiger charge is -2.19. The fraction of sp³-hybridized carbons (Fsp3) is 0.556.